The van der Waals surface area contributed by atoms with Gasteiger partial charge >= 0.3 is 12.0 Å². The zero-order chi connectivity index (χ0) is 14.0. The number of nitrogen functional groups attached to an aromatic ring is 1. The van der Waals surface area contributed by atoms with Crippen LogP contribution in [0.2, 0.25) is 0 Å². The minimum absolute atomic E-state index is 0.451. The number of para-hydroxylation sites is 1. The molecule has 0 saturated heterocycles. The molecule has 0 spiro atoms. The summed E-state index contributed by atoms with van der Waals surface area (Å²) in [6.45, 7) is 1.42. The third-order valence-electron chi connectivity index (χ3n) is 3.30. The number of aliphatic carboxylic acids is 1. The molecule has 0 aliphatic heterocycles. The molecule has 5 N–H and O–H groups in total. The standard InChI is InChI=1S/C13H17N3O3/c1-8(11(17)18)15-12(19)16-13(6-7-13)9-4-2-3-5-10(9)14/h2-5,8H,6-7,14H2,1H3,(H,17,18)(H2,15,16,19). The number of nitrogens with one attached hydrogen (secondary N) is 2. The van der Waals surface area contributed by atoms with Crippen molar-refractivity contribution in [1.29, 1.82) is 0 Å². The van der Waals surface area contributed by atoms with Crippen LogP contribution in [0.1, 0.15) is 25.3 Å². The second-order valence-corrected chi connectivity index (χ2v) is 4.83. The van der Waals surface area contributed by atoms with E-state index >= 15 is 0 Å². The zero-order valence-electron chi connectivity index (χ0n) is 10.6. The summed E-state index contributed by atoms with van der Waals surface area (Å²) in [6, 6.07) is 5.95. The van der Waals surface area contributed by atoms with Crippen molar-refractivity contribution in [2.45, 2.75) is 31.3 Å². The molecule has 1 aromatic carbocycles. The van der Waals surface area contributed by atoms with Crippen LogP contribution in [0.25, 0.3) is 0 Å². The Kier molecular flexibility index (Phi) is 3.33. The molecule has 6 nitrogen and oxygen atoms in total. The van der Waals surface area contributed by atoms with Gasteiger partial charge in [-0.3, -0.25) is 4.79 Å². The molecule has 102 valence electrons. The second-order valence-electron chi connectivity index (χ2n) is 4.83. The van der Waals surface area contributed by atoms with Gasteiger partial charge in [-0.05, 0) is 25.8 Å². The van der Waals surface area contributed by atoms with Crippen LogP contribution in [0.3, 0.4) is 0 Å². The van der Waals surface area contributed by atoms with E-state index in [1.54, 1.807) is 6.07 Å². The number of carboxylic acids is 1. The first-order valence-electron chi connectivity index (χ1n) is 6.11. The molecular weight excluding hydrogens is 246 g/mol. The normalized spacial score (nSPS) is 17.3. The predicted octanol–water partition coefficient (Wildman–Crippen LogP) is 1.03. The van der Waals surface area contributed by atoms with Gasteiger partial charge in [-0.25, -0.2) is 4.79 Å². The lowest BCUT2D eigenvalue weighted by Gasteiger charge is -2.21. The van der Waals surface area contributed by atoms with Crippen molar-refractivity contribution in [3.63, 3.8) is 0 Å². The number of hydrogen-bond acceptors (Lipinski definition) is 3. The van der Waals surface area contributed by atoms with E-state index in [4.69, 9.17) is 10.8 Å². The van der Waals surface area contributed by atoms with Crippen LogP contribution in [0, 0.1) is 0 Å². The zero-order valence-corrected chi connectivity index (χ0v) is 10.6. The first-order chi connectivity index (χ1) is 8.94. The van der Waals surface area contributed by atoms with E-state index in [9.17, 15) is 9.59 Å². The largest absolute Gasteiger partial charge is 0.480 e. The van der Waals surface area contributed by atoms with Gasteiger partial charge < -0.3 is 21.5 Å². The van der Waals surface area contributed by atoms with Crippen molar-refractivity contribution in [2.75, 3.05) is 5.73 Å². The van der Waals surface area contributed by atoms with Gasteiger partial charge in [-0.15, -0.1) is 0 Å². The minimum Gasteiger partial charge on any atom is -0.480 e. The van der Waals surface area contributed by atoms with E-state index in [2.05, 4.69) is 10.6 Å². The maximum Gasteiger partial charge on any atom is 0.325 e. The topological polar surface area (TPSA) is 104 Å². The Morgan fingerprint density at radius 3 is 2.53 bits per heavy atom. The van der Waals surface area contributed by atoms with Crippen LogP contribution in [0.5, 0.6) is 0 Å². The average molecular weight is 263 g/mol. The highest BCUT2D eigenvalue weighted by Crippen LogP contribution is 2.47. The number of rotatable bonds is 4. The predicted molar refractivity (Wildman–Crippen MR) is 70.5 cm³/mol. The molecule has 1 aliphatic carbocycles. The van der Waals surface area contributed by atoms with Gasteiger partial charge in [-0.2, -0.15) is 0 Å². The summed E-state index contributed by atoms with van der Waals surface area (Å²) in [4.78, 5) is 22.4. The average Bonchev–Trinajstić information content (AvgIpc) is 3.09. The van der Waals surface area contributed by atoms with E-state index in [0.717, 1.165) is 18.4 Å². The molecule has 2 rings (SSSR count). The first kappa shape index (κ1) is 13.2. The Hall–Kier alpha value is -2.24. The number of carbonyl (C=O) groups excluding carboxylic acids is 1. The number of amides is 2. The Morgan fingerprint density at radius 1 is 1.37 bits per heavy atom. The first-order valence-corrected chi connectivity index (χ1v) is 6.11. The quantitative estimate of drug-likeness (QED) is 0.609. The third kappa shape index (κ3) is 2.78. The van der Waals surface area contributed by atoms with Gasteiger partial charge in [-0.1, -0.05) is 18.2 Å². The smallest absolute Gasteiger partial charge is 0.325 e. The van der Waals surface area contributed by atoms with Gasteiger partial charge in [0.05, 0.1) is 5.54 Å². The van der Waals surface area contributed by atoms with Crippen LogP contribution in [0.4, 0.5) is 10.5 Å². The number of nitrogens with two attached hydrogens (primary N) is 1. The summed E-state index contributed by atoms with van der Waals surface area (Å²) in [5.41, 5.74) is 6.97. The van der Waals surface area contributed by atoms with Crippen LogP contribution in [-0.2, 0) is 10.3 Å². The van der Waals surface area contributed by atoms with Crippen molar-refractivity contribution in [3.8, 4) is 0 Å². The molecule has 1 unspecified atom stereocenters. The second kappa shape index (κ2) is 4.79. The minimum atomic E-state index is -1.07. The Morgan fingerprint density at radius 2 is 2.00 bits per heavy atom. The van der Waals surface area contributed by atoms with Gasteiger partial charge in [0.25, 0.3) is 0 Å². The van der Waals surface area contributed by atoms with E-state index in [1.807, 2.05) is 18.2 Å². The monoisotopic (exact) mass is 263 g/mol. The molecular formula is C13H17N3O3. The van der Waals surface area contributed by atoms with Gasteiger partial charge in [0.1, 0.15) is 6.04 Å². The Labute approximate surface area is 111 Å². The Balaban J connectivity index is 2.05. The van der Waals surface area contributed by atoms with E-state index < -0.39 is 23.6 Å². The molecule has 1 aromatic rings. The summed E-state index contributed by atoms with van der Waals surface area (Å²) in [6.07, 6.45) is 1.60. The molecule has 19 heavy (non-hydrogen) atoms. The fraction of sp³-hybridized carbons (Fsp3) is 0.385. The maximum atomic E-state index is 11.8. The molecule has 1 aliphatic rings. The van der Waals surface area contributed by atoms with Crippen molar-refractivity contribution >= 4 is 17.7 Å². The van der Waals surface area contributed by atoms with E-state index in [1.165, 1.54) is 6.92 Å². The summed E-state index contributed by atoms with van der Waals surface area (Å²) in [5.74, 6) is -1.07. The lowest BCUT2D eigenvalue weighted by atomic mass is 10.0. The SMILES string of the molecule is CC(NC(=O)NC1(c2ccccc2N)CC1)C(=O)O. The fourth-order valence-electron chi connectivity index (χ4n) is 2.03. The molecule has 2 amide bonds. The van der Waals surface area contributed by atoms with Crippen molar-refractivity contribution in [3.05, 3.63) is 29.8 Å². The lowest BCUT2D eigenvalue weighted by Crippen LogP contribution is -2.48. The number of anilines is 1. The molecule has 0 aromatic heterocycles. The summed E-state index contributed by atoms with van der Waals surface area (Å²) in [5, 5.41) is 13.9. The highest BCUT2D eigenvalue weighted by atomic mass is 16.4. The number of carboxylic acid groups (broad SMARTS) is 1. The maximum absolute atomic E-state index is 11.8. The number of hydrogen-bond donors (Lipinski definition) is 4. The molecule has 6 heteroatoms. The number of urea groups is 1. The van der Waals surface area contributed by atoms with Crippen molar-refractivity contribution in [1.82, 2.24) is 10.6 Å². The molecule has 1 saturated carbocycles. The van der Waals surface area contributed by atoms with Crippen LogP contribution in [-0.4, -0.2) is 23.1 Å². The molecule has 1 atom stereocenters. The summed E-state index contributed by atoms with van der Waals surface area (Å²) >= 11 is 0. The summed E-state index contributed by atoms with van der Waals surface area (Å²) in [7, 11) is 0. The van der Waals surface area contributed by atoms with Gasteiger partial charge in [0.15, 0.2) is 0 Å². The van der Waals surface area contributed by atoms with Crippen LogP contribution in [0.15, 0.2) is 24.3 Å². The van der Waals surface area contributed by atoms with Gasteiger partial charge in [0.2, 0.25) is 0 Å². The molecule has 0 radical (unpaired) electrons. The van der Waals surface area contributed by atoms with Crippen molar-refractivity contribution < 1.29 is 14.7 Å². The van der Waals surface area contributed by atoms with Gasteiger partial charge in [0, 0.05) is 11.3 Å². The van der Waals surface area contributed by atoms with Crippen LogP contribution < -0.4 is 16.4 Å². The van der Waals surface area contributed by atoms with E-state index in [0.29, 0.717) is 5.69 Å². The number of benzene rings is 1. The van der Waals surface area contributed by atoms with Crippen LogP contribution >= 0.6 is 0 Å². The molecule has 0 heterocycles. The van der Waals surface area contributed by atoms with Crippen molar-refractivity contribution in [2.24, 2.45) is 0 Å². The lowest BCUT2D eigenvalue weighted by molar-refractivity contribution is -0.138. The highest BCUT2D eigenvalue weighted by molar-refractivity contribution is 5.83. The Bertz CT molecular complexity index is 512. The highest BCUT2D eigenvalue weighted by Gasteiger charge is 2.47. The molecule has 0 bridgehead atoms. The molecule has 1 fully saturated rings. The third-order valence-corrected chi connectivity index (χ3v) is 3.30. The number of carbonyl (C=O) groups is 2. The van der Waals surface area contributed by atoms with E-state index in [-0.39, 0.29) is 0 Å². The fourth-order valence-corrected chi connectivity index (χ4v) is 2.03. The summed E-state index contributed by atoms with van der Waals surface area (Å²) < 4.78 is 0.